The third kappa shape index (κ3) is 5.37. The first-order chi connectivity index (χ1) is 32.7. The lowest BCUT2D eigenvalue weighted by molar-refractivity contribution is 0.660. The van der Waals surface area contributed by atoms with Crippen molar-refractivity contribution in [3.63, 3.8) is 0 Å². The molecule has 0 atom stereocenters. The lowest BCUT2D eigenvalue weighted by Crippen LogP contribution is -2.15. The lowest BCUT2D eigenvalue weighted by atomic mass is 9.79. The molecule has 1 nitrogen and oxygen atoms in total. The van der Waals surface area contributed by atoms with E-state index in [4.69, 9.17) is 4.42 Å². The zero-order chi connectivity index (χ0) is 44.8. The number of para-hydroxylation sites is 1. The van der Waals surface area contributed by atoms with E-state index in [1.54, 1.807) is 0 Å². The molecule has 0 unspecified atom stereocenters. The van der Waals surface area contributed by atoms with Crippen LogP contribution in [0.25, 0.3) is 121 Å². The monoisotopic (exact) mass is 854 g/mol. The Morgan fingerprint density at radius 2 is 0.791 bits per heavy atom. The molecule has 2 aliphatic rings. The highest BCUT2D eigenvalue weighted by Crippen LogP contribution is 2.54. The summed E-state index contributed by atoms with van der Waals surface area (Å²) in [6.45, 7) is 9.53. The minimum absolute atomic E-state index is 0.112. The molecule has 0 N–H and O–H groups in total. The van der Waals surface area contributed by atoms with Crippen molar-refractivity contribution in [3.8, 4) is 66.8 Å². The van der Waals surface area contributed by atoms with E-state index >= 15 is 0 Å². The van der Waals surface area contributed by atoms with E-state index in [-0.39, 0.29) is 10.8 Å². The smallest absolute Gasteiger partial charge is 0.143 e. The van der Waals surface area contributed by atoms with Crippen LogP contribution < -0.4 is 0 Å². The van der Waals surface area contributed by atoms with Gasteiger partial charge in [0.1, 0.15) is 11.2 Å². The number of hydrogen-bond donors (Lipinski definition) is 0. The number of furan rings is 1. The van der Waals surface area contributed by atoms with Gasteiger partial charge in [-0.1, -0.05) is 198 Å². The summed E-state index contributed by atoms with van der Waals surface area (Å²) in [7, 11) is 0. The van der Waals surface area contributed by atoms with E-state index in [1.807, 2.05) is 0 Å². The van der Waals surface area contributed by atoms with Gasteiger partial charge in [-0.25, -0.2) is 0 Å². The van der Waals surface area contributed by atoms with E-state index in [2.05, 4.69) is 234 Å². The fourth-order valence-corrected chi connectivity index (χ4v) is 12.4. The van der Waals surface area contributed by atoms with Crippen molar-refractivity contribution in [1.82, 2.24) is 0 Å². The summed E-state index contributed by atoms with van der Waals surface area (Å²) in [6.07, 6.45) is 0. The van der Waals surface area contributed by atoms with Crippen LogP contribution in [0, 0.1) is 0 Å². The first-order valence-corrected chi connectivity index (χ1v) is 23.7. The molecule has 0 saturated heterocycles. The van der Waals surface area contributed by atoms with Gasteiger partial charge < -0.3 is 4.42 Å². The summed E-state index contributed by atoms with van der Waals surface area (Å²) < 4.78 is 6.74. The minimum Gasteiger partial charge on any atom is -0.455 e. The molecule has 14 rings (SSSR count). The van der Waals surface area contributed by atoms with Crippen LogP contribution in [0.5, 0.6) is 0 Å². The maximum Gasteiger partial charge on any atom is 0.143 e. The third-order valence-electron chi connectivity index (χ3n) is 15.6. The lowest BCUT2D eigenvalue weighted by Gasteiger charge is -2.24. The van der Waals surface area contributed by atoms with E-state index in [9.17, 15) is 0 Å². The number of benzene rings is 11. The normalized spacial score (nSPS) is 14.2. The average Bonchev–Trinajstić information content (AvgIpc) is 3.95. The van der Waals surface area contributed by atoms with Crippen LogP contribution in [0.3, 0.4) is 0 Å². The van der Waals surface area contributed by atoms with Crippen molar-refractivity contribution in [2.45, 2.75) is 38.5 Å². The zero-order valence-corrected chi connectivity index (χ0v) is 38.0. The molecule has 0 fully saturated rings. The Kier molecular flexibility index (Phi) is 7.87. The van der Waals surface area contributed by atoms with Crippen LogP contribution in [0.1, 0.15) is 49.9 Å². The van der Waals surface area contributed by atoms with Crippen LogP contribution in [-0.2, 0) is 10.8 Å². The maximum absolute atomic E-state index is 6.74. The Hall–Kier alpha value is -8.00. The molecular formula is C66H46O. The molecular weight excluding hydrogens is 809 g/mol. The molecule has 0 bridgehead atoms. The number of rotatable bonds is 4. The van der Waals surface area contributed by atoms with Gasteiger partial charge in [0, 0.05) is 27.2 Å². The quantitative estimate of drug-likeness (QED) is 0.161. The number of hydrogen-bond acceptors (Lipinski definition) is 1. The van der Waals surface area contributed by atoms with E-state index in [0.717, 1.165) is 27.7 Å². The first-order valence-electron chi connectivity index (χ1n) is 23.7. The van der Waals surface area contributed by atoms with Crippen molar-refractivity contribution >= 4 is 54.3 Å². The van der Waals surface area contributed by atoms with Gasteiger partial charge in [-0.2, -0.15) is 0 Å². The topological polar surface area (TPSA) is 13.1 Å². The second-order valence-corrected chi connectivity index (χ2v) is 19.9. The Labute approximate surface area is 390 Å². The van der Waals surface area contributed by atoms with Crippen LogP contribution >= 0.6 is 0 Å². The Balaban J connectivity index is 1.02. The molecule has 0 radical (unpaired) electrons. The van der Waals surface area contributed by atoms with Crippen molar-refractivity contribution in [2.24, 2.45) is 0 Å². The van der Waals surface area contributed by atoms with Crippen molar-refractivity contribution in [2.75, 3.05) is 0 Å². The van der Waals surface area contributed by atoms with Gasteiger partial charge in [0.15, 0.2) is 0 Å². The van der Waals surface area contributed by atoms with Crippen LogP contribution in [0.15, 0.2) is 211 Å². The standard InChI is InChI=1S/C66H46O/c1-65(2)56-25-12-9-20-46(56)48-31-29-43(37-58(48)65)61-50-22-7-8-23-51(50)62(44-30-32-49-47-21-10-13-26-57(47)66(3,4)59(49)38-44)55-35-40(28-33-52(55)61)39-17-15-18-41(34-39)54-36-42-16-5-6-19-45(42)63-53-24-11-14-27-60(53)67-64(54)63/h5-38H,1-4H3. The highest BCUT2D eigenvalue weighted by Gasteiger charge is 2.37. The predicted octanol–water partition coefficient (Wildman–Crippen LogP) is 18.3. The molecule has 0 aliphatic heterocycles. The van der Waals surface area contributed by atoms with Crippen LogP contribution in [0.2, 0.25) is 0 Å². The second kappa shape index (κ2) is 13.8. The summed E-state index contributed by atoms with van der Waals surface area (Å²) in [4.78, 5) is 0. The van der Waals surface area contributed by atoms with Crippen molar-refractivity contribution < 1.29 is 4.42 Å². The van der Waals surface area contributed by atoms with Crippen molar-refractivity contribution in [3.05, 3.63) is 229 Å². The Bertz CT molecular complexity index is 4100. The van der Waals surface area contributed by atoms with Crippen LogP contribution in [-0.4, -0.2) is 0 Å². The van der Waals surface area contributed by atoms with Gasteiger partial charge >= 0.3 is 0 Å². The third-order valence-corrected chi connectivity index (χ3v) is 15.6. The van der Waals surface area contributed by atoms with Gasteiger partial charge in [0.2, 0.25) is 0 Å². The largest absolute Gasteiger partial charge is 0.455 e. The minimum atomic E-state index is -0.123. The van der Waals surface area contributed by atoms with Gasteiger partial charge in [-0.3, -0.25) is 0 Å². The highest BCUT2D eigenvalue weighted by atomic mass is 16.3. The zero-order valence-electron chi connectivity index (χ0n) is 38.0. The highest BCUT2D eigenvalue weighted by molar-refractivity contribution is 6.24. The van der Waals surface area contributed by atoms with Gasteiger partial charge in [-0.05, 0) is 152 Å². The van der Waals surface area contributed by atoms with E-state index in [0.29, 0.717) is 0 Å². The van der Waals surface area contributed by atoms with Gasteiger partial charge in [0.25, 0.3) is 0 Å². The summed E-state index contributed by atoms with van der Waals surface area (Å²) in [5, 5.41) is 9.76. The molecule has 0 amide bonds. The van der Waals surface area contributed by atoms with Crippen molar-refractivity contribution in [1.29, 1.82) is 0 Å². The molecule has 1 heteroatoms. The van der Waals surface area contributed by atoms with Gasteiger partial charge in [0.05, 0.1) is 0 Å². The summed E-state index contributed by atoms with van der Waals surface area (Å²) in [6, 6.07) is 77.2. The van der Waals surface area contributed by atoms with Gasteiger partial charge in [-0.15, -0.1) is 0 Å². The predicted molar refractivity (Wildman–Crippen MR) is 283 cm³/mol. The maximum atomic E-state index is 6.74. The molecule has 0 saturated carbocycles. The fourth-order valence-electron chi connectivity index (χ4n) is 12.4. The second-order valence-electron chi connectivity index (χ2n) is 19.9. The Morgan fingerprint density at radius 3 is 1.46 bits per heavy atom. The molecule has 1 heterocycles. The summed E-state index contributed by atoms with van der Waals surface area (Å²) in [5.74, 6) is 0. The molecule has 1 aromatic heterocycles. The summed E-state index contributed by atoms with van der Waals surface area (Å²) in [5.41, 5.74) is 22.1. The molecule has 316 valence electrons. The Morgan fingerprint density at radius 1 is 0.299 bits per heavy atom. The number of fused-ring (bicyclic) bond motifs is 13. The molecule has 11 aromatic carbocycles. The molecule has 2 aliphatic carbocycles. The van der Waals surface area contributed by atoms with E-state index < -0.39 is 0 Å². The fraction of sp³-hybridized carbons (Fsp3) is 0.0909. The van der Waals surface area contributed by atoms with E-state index in [1.165, 1.54) is 116 Å². The molecule has 12 aromatic rings. The van der Waals surface area contributed by atoms with Crippen LogP contribution in [0.4, 0.5) is 0 Å². The average molecular weight is 855 g/mol. The molecule has 0 spiro atoms. The SMILES string of the molecule is CC1(C)c2ccccc2-c2ccc(-c3c4ccccc4c(-c4ccc5c(c4)C(C)(C)c4ccccc4-5)c4cc(-c5cccc(-c6cc7ccccc7c7c6oc6ccccc67)c5)ccc34)cc21. The summed E-state index contributed by atoms with van der Waals surface area (Å²) >= 11 is 0. The molecule has 67 heavy (non-hydrogen) atoms. The first kappa shape index (κ1) is 38.3.